The molecule has 6 heteroatoms. The maximum Gasteiger partial charge on any atom is 0.231 e. The molecule has 0 radical (unpaired) electrons. The summed E-state index contributed by atoms with van der Waals surface area (Å²) in [6.07, 6.45) is 1.62. The predicted molar refractivity (Wildman–Crippen MR) is 98.6 cm³/mol. The van der Waals surface area contributed by atoms with Crippen LogP contribution in [0.15, 0.2) is 33.7 Å². The average Bonchev–Trinajstić information content (AvgIpc) is 3.08. The molecule has 0 saturated heterocycles. The molecule has 2 aliphatic rings. The van der Waals surface area contributed by atoms with Crippen molar-refractivity contribution >= 4 is 21.6 Å². The summed E-state index contributed by atoms with van der Waals surface area (Å²) in [5, 5.41) is 0. The Morgan fingerprint density at radius 1 is 1.04 bits per heavy atom. The lowest BCUT2D eigenvalue weighted by Gasteiger charge is -2.19. The second-order valence-electron chi connectivity index (χ2n) is 5.92. The maximum absolute atomic E-state index is 5.53. The monoisotopic (exact) mass is 403 g/mol. The molecule has 2 aromatic rings. The summed E-state index contributed by atoms with van der Waals surface area (Å²) in [7, 11) is 3.28. The van der Waals surface area contributed by atoms with Crippen molar-refractivity contribution in [3.8, 4) is 23.0 Å². The molecule has 4 rings (SSSR count). The van der Waals surface area contributed by atoms with E-state index in [2.05, 4.69) is 22.0 Å². The number of ether oxygens (including phenoxy) is 4. The molecule has 25 heavy (non-hydrogen) atoms. The van der Waals surface area contributed by atoms with Crippen LogP contribution in [0.25, 0.3) is 0 Å². The van der Waals surface area contributed by atoms with Crippen molar-refractivity contribution in [3.05, 3.63) is 45.4 Å². The van der Waals surface area contributed by atoms with Crippen LogP contribution in [0.4, 0.5) is 0 Å². The molecule has 5 nitrogen and oxygen atoms in total. The number of halogens is 1. The Bertz CT molecular complexity index is 863. The fourth-order valence-corrected chi connectivity index (χ4v) is 3.68. The lowest BCUT2D eigenvalue weighted by Crippen LogP contribution is -2.15. The van der Waals surface area contributed by atoms with Crippen LogP contribution >= 0.6 is 15.9 Å². The number of fused-ring (bicyclic) bond motifs is 2. The molecule has 0 amide bonds. The van der Waals surface area contributed by atoms with E-state index in [-0.39, 0.29) is 6.79 Å². The molecule has 0 atom stereocenters. The first-order chi connectivity index (χ1) is 12.2. The lowest BCUT2D eigenvalue weighted by molar-refractivity contribution is 0.174. The molecule has 2 heterocycles. The molecular formula is C19H18BrNO4. The van der Waals surface area contributed by atoms with Crippen molar-refractivity contribution in [1.82, 2.24) is 0 Å². The van der Waals surface area contributed by atoms with E-state index in [0.717, 1.165) is 45.8 Å². The lowest BCUT2D eigenvalue weighted by atomic mass is 9.93. The predicted octanol–water partition coefficient (Wildman–Crippen LogP) is 3.78. The fraction of sp³-hybridized carbons (Fsp3) is 0.316. The summed E-state index contributed by atoms with van der Waals surface area (Å²) in [4.78, 5) is 4.76. The second kappa shape index (κ2) is 6.59. The Morgan fingerprint density at radius 3 is 2.52 bits per heavy atom. The fourth-order valence-electron chi connectivity index (χ4n) is 3.22. The smallest absolute Gasteiger partial charge is 0.231 e. The molecule has 2 aromatic carbocycles. The number of nitrogens with zero attached hydrogens (tertiary/aromatic N) is 1. The van der Waals surface area contributed by atoms with Crippen molar-refractivity contribution < 1.29 is 18.9 Å². The molecule has 0 spiro atoms. The number of benzene rings is 2. The maximum atomic E-state index is 5.53. The Morgan fingerprint density at radius 2 is 1.76 bits per heavy atom. The topological polar surface area (TPSA) is 49.3 Å². The van der Waals surface area contributed by atoms with Gasteiger partial charge in [-0.3, -0.25) is 4.99 Å². The van der Waals surface area contributed by atoms with Crippen LogP contribution in [0, 0.1) is 0 Å². The van der Waals surface area contributed by atoms with E-state index in [1.165, 1.54) is 5.56 Å². The first kappa shape index (κ1) is 16.3. The van der Waals surface area contributed by atoms with Crippen molar-refractivity contribution in [1.29, 1.82) is 0 Å². The third-order valence-electron chi connectivity index (χ3n) is 4.50. The zero-order valence-electron chi connectivity index (χ0n) is 14.1. The van der Waals surface area contributed by atoms with Gasteiger partial charge < -0.3 is 18.9 Å². The normalized spacial score (nSPS) is 14.8. The molecular weight excluding hydrogens is 386 g/mol. The number of methoxy groups -OCH3 is 2. The van der Waals surface area contributed by atoms with Gasteiger partial charge in [0, 0.05) is 28.7 Å². The highest BCUT2D eigenvalue weighted by atomic mass is 79.9. The van der Waals surface area contributed by atoms with Gasteiger partial charge in [-0.2, -0.15) is 0 Å². The third kappa shape index (κ3) is 2.95. The van der Waals surface area contributed by atoms with Crippen molar-refractivity contribution in [2.45, 2.75) is 12.8 Å². The molecule has 0 bridgehead atoms. The van der Waals surface area contributed by atoms with Crippen LogP contribution < -0.4 is 18.9 Å². The zero-order valence-corrected chi connectivity index (χ0v) is 15.7. The van der Waals surface area contributed by atoms with Gasteiger partial charge >= 0.3 is 0 Å². The largest absolute Gasteiger partial charge is 0.493 e. The molecule has 0 unspecified atom stereocenters. The summed E-state index contributed by atoms with van der Waals surface area (Å²) >= 11 is 3.63. The van der Waals surface area contributed by atoms with Gasteiger partial charge in [0.2, 0.25) is 6.79 Å². The van der Waals surface area contributed by atoms with Crippen molar-refractivity contribution in [2.75, 3.05) is 27.6 Å². The highest BCUT2D eigenvalue weighted by molar-refractivity contribution is 9.10. The molecule has 0 saturated carbocycles. The highest BCUT2D eigenvalue weighted by Crippen LogP contribution is 2.38. The van der Waals surface area contributed by atoms with Crippen LogP contribution in [-0.2, 0) is 12.8 Å². The summed E-state index contributed by atoms with van der Waals surface area (Å²) in [5.41, 5.74) is 4.54. The number of aliphatic imine (C=N–C) groups is 1. The molecule has 0 N–H and O–H groups in total. The minimum Gasteiger partial charge on any atom is -0.493 e. The van der Waals surface area contributed by atoms with Crippen molar-refractivity contribution in [3.63, 3.8) is 0 Å². The van der Waals surface area contributed by atoms with Crippen molar-refractivity contribution in [2.24, 2.45) is 4.99 Å². The third-order valence-corrected chi connectivity index (χ3v) is 5.24. The van der Waals surface area contributed by atoms with Gasteiger partial charge in [-0.15, -0.1) is 0 Å². The van der Waals surface area contributed by atoms with Gasteiger partial charge in [-0.05, 0) is 41.8 Å². The molecule has 2 aliphatic heterocycles. The number of hydrogen-bond acceptors (Lipinski definition) is 5. The van der Waals surface area contributed by atoms with E-state index in [1.807, 2.05) is 18.2 Å². The SMILES string of the molecule is COc1cc(Br)c(CC2=NCCc3cc4c(cc32)OCO4)cc1OC. The highest BCUT2D eigenvalue weighted by Gasteiger charge is 2.22. The minimum absolute atomic E-state index is 0.284. The van der Waals surface area contributed by atoms with Gasteiger partial charge in [0.25, 0.3) is 0 Å². The van der Waals surface area contributed by atoms with Gasteiger partial charge in [0.1, 0.15) is 0 Å². The first-order valence-corrected chi connectivity index (χ1v) is 8.85. The van der Waals surface area contributed by atoms with E-state index in [0.29, 0.717) is 17.9 Å². The second-order valence-corrected chi connectivity index (χ2v) is 6.77. The Balaban J connectivity index is 1.70. The van der Waals surface area contributed by atoms with Gasteiger partial charge in [-0.1, -0.05) is 15.9 Å². The Labute approximate surface area is 154 Å². The number of hydrogen-bond donors (Lipinski definition) is 0. The van der Waals surface area contributed by atoms with Crippen LogP contribution in [0.1, 0.15) is 16.7 Å². The standard InChI is InChI=1S/C19H18BrNO4/c1-22-16-7-12(14(20)9-17(16)23-2)5-15-13-8-19-18(24-10-25-19)6-11(13)3-4-21-15/h6-9H,3-5,10H2,1-2H3. The van der Waals surface area contributed by atoms with E-state index >= 15 is 0 Å². The van der Waals surface area contributed by atoms with E-state index < -0.39 is 0 Å². The first-order valence-electron chi connectivity index (χ1n) is 8.06. The van der Waals surface area contributed by atoms with Crippen LogP contribution in [0.2, 0.25) is 0 Å². The number of rotatable bonds is 4. The summed E-state index contributed by atoms with van der Waals surface area (Å²) in [5.74, 6) is 3.03. The van der Waals surface area contributed by atoms with Crippen LogP contribution in [-0.4, -0.2) is 33.3 Å². The average molecular weight is 404 g/mol. The molecule has 0 fully saturated rings. The van der Waals surface area contributed by atoms with Crippen LogP contribution in [0.3, 0.4) is 0 Å². The van der Waals surface area contributed by atoms with E-state index in [4.69, 9.17) is 23.9 Å². The Kier molecular flexibility index (Phi) is 4.29. The van der Waals surface area contributed by atoms with Gasteiger partial charge in [0.15, 0.2) is 23.0 Å². The van der Waals surface area contributed by atoms with Gasteiger partial charge in [-0.25, -0.2) is 0 Å². The van der Waals surface area contributed by atoms with E-state index in [9.17, 15) is 0 Å². The quantitative estimate of drug-likeness (QED) is 0.779. The molecule has 0 aromatic heterocycles. The Hall–Kier alpha value is -2.21. The molecule has 130 valence electrons. The zero-order chi connectivity index (χ0) is 17.4. The minimum atomic E-state index is 0.284. The summed E-state index contributed by atoms with van der Waals surface area (Å²) < 4.78 is 22.8. The van der Waals surface area contributed by atoms with Gasteiger partial charge in [0.05, 0.1) is 14.2 Å². The van der Waals surface area contributed by atoms with E-state index in [1.54, 1.807) is 14.2 Å². The summed E-state index contributed by atoms with van der Waals surface area (Å²) in [6.45, 7) is 1.07. The van der Waals surface area contributed by atoms with Crippen LogP contribution in [0.5, 0.6) is 23.0 Å². The summed E-state index contributed by atoms with van der Waals surface area (Å²) in [6, 6.07) is 8.05. The molecule has 0 aliphatic carbocycles.